The molecule has 0 bridgehead atoms. The van der Waals surface area contributed by atoms with E-state index in [1.54, 1.807) is 42.6 Å². The highest BCUT2D eigenvalue weighted by atomic mass is 35.5. The van der Waals surface area contributed by atoms with Crippen LogP contribution in [0.2, 0.25) is 5.02 Å². The maximum absolute atomic E-state index is 8.96. The van der Waals surface area contributed by atoms with Gasteiger partial charge in [-0.3, -0.25) is 5.10 Å². The minimum absolute atomic E-state index is 0.423. The number of rotatable bonds is 4. The highest BCUT2D eigenvalue weighted by Gasteiger charge is 2.09. The number of nitrogens with zero attached hydrogens (tertiary/aromatic N) is 4. The molecule has 7 nitrogen and oxygen atoms in total. The molecule has 2 aromatic carbocycles. The number of benzene rings is 2. The first-order valence-corrected chi connectivity index (χ1v) is 7.99. The molecule has 0 fully saturated rings. The third-order valence-electron chi connectivity index (χ3n) is 3.63. The summed E-state index contributed by atoms with van der Waals surface area (Å²) in [7, 11) is 0. The highest BCUT2D eigenvalue weighted by Crippen LogP contribution is 2.33. The number of anilines is 2. The predicted octanol–water partition coefficient (Wildman–Crippen LogP) is 4.41. The largest absolute Gasteiger partial charge is 0.456 e. The number of fused-ring (bicyclic) bond motifs is 1. The van der Waals surface area contributed by atoms with Crippen LogP contribution in [0.4, 0.5) is 11.5 Å². The van der Waals surface area contributed by atoms with Gasteiger partial charge in [0.2, 0.25) is 0 Å². The summed E-state index contributed by atoms with van der Waals surface area (Å²) in [5.41, 5.74) is 2.68. The molecule has 4 rings (SSSR count). The molecule has 26 heavy (non-hydrogen) atoms. The first-order chi connectivity index (χ1) is 12.7. The van der Waals surface area contributed by atoms with Gasteiger partial charge in [-0.25, -0.2) is 9.97 Å². The van der Waals surface area contributed by atoms with Crippen molar-refractivity contribution in [1.29, 1.82) is 5.26 Å². The van der Waals surface area contributed by atoms with Gasteiger partial charge in [-0.05, 0) is 36.4 Å². The smallest absolute Gasteiger partial charge is 0.159 e. The normalized spacial score (nSPS) is 10.5. The van der Waals surface area contributed by atoms with E-state index in [1.807, 2.05) is 6.07 Å². The van der Waals surface area contributed by atoms with Crippen molar-refractivity contribution >= 4 is 34.1 Å². The lowest BCUT2D eigenvalue weighted by Gasteiger charge is -2.11. The molecular formula is C18H11ClN6O. The van der Waals surface area contributed by atoms with E-state index < -0.39 is 0 Å². The third-order valence-corrected chi connectivity index (χ3v) is 3.92. The Kier molecular flexibility index (Phi) is 4.09. The predicted molar refractivity (Wildman–Crippen MR) is 97.6 cm³/mol. The lowest BCUT2D eigenvalue weighted by molar-refractivity contribution is 0.483. The van der Waals surface area contributed by atoms with Crippen molar-refractivity contribution in [2.24, 2.45) is 0 Å². The number of aromatic amines is 1. The SMILES string of the molecule is N#Cc1cccc(Oc2ccc(Nc3ncnc4cn[nH]c34)cc2Cl)c1. The van der Waals surface area contributed by atoms with Crippen LogP contribution in [0.15, 0.2) is 55.0 Å². The molecule has 2 N–H and O–H groups in total. The number of halogens is 1. The third kappa shape index (κ3) is 3.14. The van der Waals surface area contributed by atoms with Crippen LogP contribution >= 0.6 is 11.6 Å². The van der Waals surface area contributed by atoms with Crippen molar-refractivity contribution in [2.45, 2.75) is 0 Å². The molecule has 0 aliphatic carbocycles. The number of H-pyrrole nitrogens is 1. The summed E-state index contributed by atoms with van der Waals surface area (Å²) in [5, 5.41) is 19.4. The summed E-state index contributed by atoms with van der Waals surface area (Å²) in [6.07, 6.45) is 3.09. The van der Waals surface area contributed by atoms with Gasteiger partial charge in [0, 0.05) is 5.69 Å². The monoisotopic (exact) mass is 362 g/mol. The Morgan fingerprint density at radius 2 is 2.08 bits per heavy atom. The van der Waals surface area contributed by atoms with Gasteiger partial charge in [-0.1, -0.05) is 17.7 Å². The Morgan fingerprint density at radius 3 is 2.92 bits per heavy atom. The summed E-state index contributed by atoms with van der Waals surface area (Å²) >= 11 is 6.33. The Balaban J connectivity index is 1.58. The van der Waals surface area contributed by atoms with E-state index >= 15 is 0 Å². The molecule has 0 aliphatic rings. The van der Waals surface area contributed by atoms with Crippen LogP contribution in [0.5, 0.6) is 11.5 Å². The molecule has 2 heterocycles. The molecule has 0 amide bonds. The fourth-order valence-electron chi connectivity index (χ4n) is 2.41. The number of ether oxygens (including phenoxy) is 1. The van der Waals surface area contributed by atoms with Crippen LogP contribution in [-0.2, 0) is 0 Å². The number of nitrogens with one attached hydrogen (secondary N) is 2. The van der Waals surface area contributed by atoms with E-state index in [1.165, 1.54) is 6.33 Å². The van der Waals surface area contributed by atoms with Crippen LogP contribution < -0.4 is 10.1 Å². The molecule has 2 aromatic heterocycles. The van der Waals surface area contributed by atoms with E-state index in [0.29, 0.717) is 38.9 Å². The van der Waals surface area contributed by atoms with Gasteiger partial charge in [0.25, 0.3) is 0 Å². The lowest BCUT2D eigenvalue weighted by atomic mass is 10.2. The van der Waals surface area contributed by atoms with Crippen molar-refractivity contribution in [3.63, 3.8) is 0 Å². The average Bonchev–Trinajstić information content (AvgIpc) is 3.14. The van der Waals surface area contributed by atoms with Gasteiger partial charge in [-0.2, -0.15) is 10.4 Å². The van der Waals surface area contributed by atoms with Gasteiger partial charge in [-0.15, -0.1) is 0 Å². The topological polar surface area (TPSA) is 99.5 Å². The molecule has 0 radical (unpaired) electrons. The molecule has 8 heteroatoms. The zero-order chi connectivity index (χ0) is 17.9. The Morgan fingerprint density at radius 1 is 1.15 bits per heavy atom. The average molecular weight is 363 g/mol. The Bertz CT molecular complexity index is 1130. The second kappa shape index (κ2) is 6.70. The number of aromatic nitrogens is 4. The zero-order valence-electron chi connectivity index (χ0n) is 13.3. The zero-order valence-corrected chi connectivity index (χ0v) is 14.0. The van der Waals surface area contributed by atoms with Gasteiger partial charge in [0.15, 0.2) is 5.82 Å². The van der Waals surface area contributed by atoms with E-state index in [9.17, 15) is 0 Å². The van der Waals surface area contributed by atoms with E-state index in [2.05, 4.69) is 31.6 Å². The minimum atomic E-state index is 0.423. The maximum atomic E-state index is 8.96. The van der Waals surface area contributed by atoms with Crippen LogP contribution in [-0.4, -0.2) is 20.2 Å². The molecule has 0 saturated carbocycles. The van der Waals surface area contributed by atoms with Crippen molar-refractivity contribution in [1.82, 2.24) is 20.2 Å². The second-order valence-electron chi connectivity index (χ2n) is 5.36. The van der Waals surface area contributed by atoms with E-state index in [0.717, 1.165) is 5.69 Å². The van der Waals surface area contributed by atoms with Gasteiger partial charge >= 0.3 is 0 Å². The highest BCUT2D eigenvalue weighted by molar-refractivity contribution is 6.32. The summed E-state index contributed by atoms with van der Waals surface area (Å²) in [6.45, 7) is 0. The standard InChI is InChI=1S/C18H11ClN6O/c19-14-7-12(24-18-17-15(9-23-25-17)21-10-22-18)4-5-16(14)26-13-3-1-2-11(6-13)8-20/h1-7,9-10H,(H,23,25)(H,21,22,24). The van der Waals surface area contributed by atoms with E-state index in [4.69, 9.17) is 21.6 Å². The van der Waals surface area contributed by atoms with Crippen LogP contribution in [0.3, 0.4) is 0 Å². The molecule has 0 atom stereocenters. The number of hydrogen-bond acceptors (Lipinski definition) is 6. The summed E-state index contributed by atoms with van der Waals surface area (Å²) in [6, 6.07) is 14.2. The van der Waals surface area contributed by atoms with Crippen molar-refractivity contribution in [3.05, 3.63) is 65.6 Å². The van der Waals surface area contributed by atoms with Crippen LogP contribution in [0.25, 0.3) is 11.0 Å². The molecule has 4 aromatic rings. The van der Waals surface area contributed by atoms with Crippen LogP contribution in [0, 0.1) is 11.3 Å². The fraction of sp³-hybridized carbons (Fsp3) is 0. The molecular weight excluding hydrogens is 352 g/mol. The molecule has 0 saturated heterocycles. The summed E-state index contributed by atoms with van der Waals surface area (Å²) in [4.78, 5) is 8.34. The van der Waals surface area contributed by atoms with Gasteiger partial charge in [0.05, 0.1) is 22.9 Å². The molecule has 0 aliphatic heterocycles. The molecule has 126 valence electrons. The Hall–Kier alpha value is -3.63. The van der Waals surface area contributed by atoms with Gasteiger partial charge in [0.1, 0.15) is 28.9 Å². The lowest BCUT2D eigenvalue weighted by Crippen LogP contribution is -1.96. The van der Waals surface area contributed by atoms with Gasteiger partial charge < -0.3 is 10.1 Å². The minimum Gasteiger partial charge on any atom is -0.456 e. The number of nitriles is 1. The Labute approximate surface area is 153 Å². The maximum Gasteiger partial charge on any atom is 0.159 e. The first kappa shape index (κ1) is 15.9. The summed E-state index contributed by atoms with van der Waals surface area (Å²) < 4.78 is 5.76. The quantitative estimate of drug-likeness (QED) is 0.557. The summed E-state index contributed by atoms with van der Waals surface area (Å²) in [5.74, 6) is 1.63. The number of hydrogen-bond donors (Lipinski definition) is 2. The molecule has 0 unspecified atom stereocenters. The fourth-order valence-corrected chi connectivity index (χ4v) is 2.63. The first-order valence-electron chi connectivity index (χ1n) is 7.61. The second-order valence-corrected chi connectivity index (χ2v) is 5.77. The van der Waals surface area contributed by atoms with Crippen molar-refractivity contribution < 1.29 is 4.74 Å². The van der Waals surface area contributed by atoms with E-state index in [-0.39, 0.29) is 0 Å². The van der Waals surface area contributed by atoms with Crippen molar-refractivity contribution in [3.8, 4) is 17.6 Å². The van der Waals surface area contributed by atoms with Crippen LogP contribution in [0.1, 0.15) is 5.56 Å². The van der Waals surface area contributed by atoms with Crippen molar-refractivity contribution in [2.75, 3.05) is 5.32 Å². The molecule has 0 spiro atoms.